The molecule has 0 fully saturated rings. The van der Waals surface area contributed by atoms with Gasteiger partial charge in [0.25, 0.3) is 0 Å². The third-order valence-corrected chi connectivity index (χ3v) is 2.16. The Morgan fingerprint density at radius 3 is 2.57 bits per heavy atom. The lowest BCUT2D eigenvalue weighted by Crippen LogP contribution is -2.17. The summed E-state index contributed by atoms with van der Waals surface area (Å²) < 4.78 is 4.87. The average molecular weight is 193 g/mol. The SMILES string of the molecule is Cc1c(OC(N)=O)cccc1C(C)C. The molecular formula is C11H15NO2. The van der Waals surface area contributed by atoms with E-state index in [9.17, 15) is 4.79 Å². The summed E-state index contributed by atoms with van der Waals surface area (Å²) in [5, 5.41) is 0. The zero-order valence-electron chi connectivity index (χ0n) is 8.70. The molecule has 1 amide bonds. The van der Waals surface area contributed by atoms with E-state index in [0.717, 1.165) is 5.56 Å². The van der Waals surface area contributed by atoms with Crippen LogP contribution in [0.3, 0.4) is 0 Å². The highest BCUT2D eigenvalue weighted by atomic mass is 16.5. The van der Waals surface area contributed by atoms with Gasteiger partial charge in [-0.2, -0.15) is 0 Å². The van der Waals surface area contributed by atoms with Crippen LogP contribution in [0, 0.1) is 6.92 Å². The minimum Gasteiger partial charge on any atom is -0.410 e. The summed E-state index contributed by atoms with van der Waals surface area (Å²) in [6.07, 6.45) is -0.769. The predicted molar refractivity (Wildman–Crippen MR) is 55.5 cm³/mol. The molecule has 0 atom stereocenters. The molecule has 0 aliphatic carbocycles. The number of primary amides is 1. The van der Waals surface area contributed by atoms with E-state index in [1.807, 2.05) is 19.1 Å². The van der Waals surface area contributed by atoms with Crippen LogP contribution in [0.25, 0.3) is 0 Å². The number of hydrogen-bond donors (Lipinski definition) is 1. The number of ether oxygens (including phenoxy) is 1. The number of carbonyl (C=O) groups excluding carboxylic acids is 1. The molecule has 0 aliphatic rings. The van der Waals surface area contributed by atoms with Crippen molar-refractivity contribution in [1.82, 2.24) is 0 Å². The molecule has 0 aromatic heterocycles. The van der Waals surface area contributed by atoms with Gasteiger partial charge in [-0.1, -0.05) is 26.0 Å². The highest BCUT2D eigenvalue weighted by Gasteiger charge is 2.09. The zero-order valence-corrected chi connectivity index (χ0v) is 8.70. The van der Waals surface area contributed by atoms with Crippen molar-refractivity contribution in [2.24, 2.45) is 5.73 Å². The Labute approximate surface area is 83.9 Å². The Morgan fingerprint density at radius 2 is 2.07 bits per heavy atom. The summed E-state index contributed by atoms with van der Waals surface area (Å²) in [7, 11) is 0. The van der Waals surface area contributed by atoms with E-state index in [2.05, 4.69) is 13.8 Å². The van der Waals surface area contributed by atoms with Crippen LogP contribution in [0.15, 0.2) is 18.2 Å². The third-order valence-electron chi connectivity index (χ3n) is 2.16. The van der Waals surface area contributed by atoms with Crippen LogP contribution in [-0.2, 0) is 0 Å². The van der Waals surface area contributed by atoms with Crippen molar-refractivity contribution < 1.29 is 9.53 Å². The van der Waals surface area contributed by atoms with Gasteiger partial charge in [-0.25, -0.2) is 4.79 Å². The van der Waals surface area contributed by atoms with E-state index in [1.165, 1.54) is 5.56 Å². The van der Waals surface area contributed by atoms with Crippen LogP contribution < -0.4 is 10.5 Å². The normalized spacial score (nSPS) is 10.3. The summed E-state index contributed by atoms with van der Waals surface area (Å²) in [6.45, 7) is 6.11. The number of nitrogens with two attached hydrogens (primary N) is 1. The highest BCUT2D eigenvalue weighted by molar-refractivity contribution is 5.68. The van der Waals surface area contributed by atoms with Gasteiger partial charge in [-0.15, -0.1) is 0 Å². The summed E-state index contributed by atoms with van der Waals surface area (Å²) in [6, 6.07) is 5.63. The molecule has 1 rings (SSSR count). The number of rotatable bonds is 2. The quantitative estimate of drug-likeness (QED) is 0.784. The van der Waals surface area contributed by atoms with E-state index in [-0.39, 0.29) is 0 Å². The van der Waals surface area contributed by atoms with Gasteiger partial charge in [-0.3, -0.25) is 0 Å². The largest absolute Gasteiger partial charge is 0.410 e. The monoisotopic (exact) mass is 193 g/mol. The molecule has 0 saturated heterocycles. The lowest BCUT2D eigenvalue weighted by atomic mass is 9.98. The maximum Gasteiger partial charge on any atom is 0.409 e. The Bertz CT molecular complexity index is 345. The van der Waals surface area contributed by atoms with E-state index in [1.54, 1.807) is 6.07 Å². The molecule has 0 radical (unpaired) electrons. The predicted octanol–water partition coefficient (Wildman–Crippen LogP) is 2.58. The second kappa shape index (κ2) is 4.13. The van der Waals surface area contributed by atoms with Gasteiger partial charge in [0.2, 0.25) is 0 Å². The first-order valence-corrected chi connectivity index (χ1v) is 4.59. The topological polar surface area (TPSA) is 52.3 Å². The Kier molecular flexibility index (Phi) is 3.12. The van der Waals surface area contributed by atoms with Crippen molar-refractivity contribution >= 4 is 6.09 Å². The van der Waals surface area contributed by atoms with Crippen molar-refractivity contribution in [3.63, 3.8) is 0 Å². The van der Waals surface area contributed by atoms with Crippen molar-refractivity contribution in [2.75, 3.05) is 0 Å². The molecule has 76 valence electrons. The molecule has 3 heteroatoms. The van der Waals surface area contributed by atoms with Crippen LogP contribution in [-0.4, -0.2) is 6.09 Å². The van der Waals surface area contributed by atoms with Gasteiger partial charge >= 0.3 is 6.09 Å². The standard InChI is InChI=1S/C11H15NO2/c1-7(2)9-5-4-6-10(8(9)3)14-11(12)13/h4-7H,1-3H3,(H2,12,13). The van der Waals surface area contributed by atoms with Crippen LogP contribution in [0.2, 0.25) is 0 Å². The fraction of sp³-hybridized carbons (Fsp3) is 0.364. The molecule has 0 aliphatic heterocycles. The minimum atomic E-state index is -0.769. The Hall–Kier alpha value is -1.51. The Balaban J connectivity index is 3.07. The Morgan fingerprint density at radius 1 is 1.43 bits per heavy atom. The molecule has 0 bridgehead atoms. The summed E-state index contributed by atoms with van der Waals surface area (Å²) >= 11 is 0. The van der Waals surface area contributed by atoms with Crippen LogP contribution in [0.5, 0.6) is 5.75 Å². The first-order chi connectivity index (χ1) is 6.52. The highest BCUT2D eigenvalue weighted by Crippen LogP contribution is 2.26. The van der Waals surface area contributed by atoms with Crippen LogP contribution >= 0.6 is 0 Å². The van der Waals surface area contributed by atoms with Crippen LogP contribution in [0.4, 0.5) is 4.79 Å². The zero-order chi connectivity index (χ0) is 10.7. The first kappa shape index (κ1) is 10.6. The molecule has 0 spiro atoms. The number of amides is 1. The van der Waals surface area contributed by atoms with Gasteiger partial charge in [0.15, 0.2) is 0 Å². The van der Waals surface area contributed by atoms with Crippen molar-refractivity contribution in [1.29, 1.82) is 0 Å². The minimum absolute atomic E-state index is 0.409. The van der Waals surface area contributed by atoms with E-state index >= 15 is 0 Å². The fourth-order valence-corrected chi connectivity index (χ4v) is 1.48. The molecule has 14 heavy (non-hydrogen) atoms. The van der Waals surface area contributed by atoms with E-state index in [0.29, 0.717) is 11.7 Å². The van der Waals surface area contributed by atoms with Gasteiger partial charge < -0.3 is 10.5 Å². The van der Waals surface area contributed by atoms with Gasteiger partial charge in [0, 0.05) is 0 Å². The summed E-state index contributed by atoms with van der Waals surface area (Å²) in [4.78, 5) is 10.6. The van der Waals surface area contributed by atoms with Gasteiger partial charge in [0.05, 0.1) is 0 Å². The molecule has 2 N–H and O–H groups in total. The smallest absolute Gasteiger partial charge is 0.409 e. The van der Waals surface area contributed by atoms with E-state index < -0.39 is 6.09 Å². The number of benzene rings is 1. The molecule has 0 unspecified atom stereocenters. The lowest BCUT2D eigenvalue weighted by Gasteiger charge is -2.12. The summed E-state index contributed by atoms with van der Waals surface area (Å²) in [5.74, 6) is 0.954. The molecule has 1 aromatic rings. The number of hydrogen-bond acceptors (Lipinski definition) is 2. The van der Waals surface area contributed by atoms with Crippen molar-refractivity contribution in [2.45, 2.75) is 26.7 Å². The molecule has 0 heterocycles. The van der Waals surface area contributed by atoms with Crippen LogP contribution in [0.1, 0.15) is 30.9 Å². The second-order valence-electron chi connectivity index (χ2n) is 3.55. The maximum atomic E-state index is 10.6. The second-order valence-corrected chi connectivity index (χ2v) is 3.55. The maximum absolute atomic E-state index is 10.6. The third kappa shape index (κ3) is 2.25. The van der Waals surface area contributed by atoms with E-state index in [4.69, 9.17) is 10.5 Å². The fourth-order valence-electron chi connectivity index (χ4n) is 1.48. The van der Waals surface area contributed by atoms with Gasteiger partial charge in [-0.05, 0) is 30.0 Å². The molecule has 0 saturated carbocycles. The average Bonchev–Trinajstić information content (AvgIpc) is 2.07. The summed E-state index contributed by atoms with van der Waals surface area (Å²) in [5.41, 5.74) is 7.10. The van der Waals surface area contributed by atoms with Crippen molar-refractivity contribution in [3.8, 4) is 5.75 Å². The molecular weight excluding hydrogens is 178 g/mol. The van der Waals surface area contributed by atoms with Gasteiger partial charge in [0.1, 0.15) is 5.75 Å². The molecule has 3 nitrogen and oxygen atoms in total. The molecule has 1 aromatic carbocycles. The van der Waals surface area contributed by atoms with Crippen molar-refractivity contribution in [3.05, 3.63) is 29.3 Å². The lowest BCUT2D eigenvalue weighted by molar-refractivity contribution is 0.210. The number of carbonyl (C=O) groups is 1. The first-order valence-electron chi connectivity index (χ1n) is 4.59.